The van der Waals surface area contributed by atoms with Gasteiger partial charge in [-0.1, -0.05) is 44.9 Å². The number of rotatable bonds is 10. The van der Waals surface area contributed by atoms with E-state index in [0.717, 1.165) is 35.7 Å². The van der Waals surface area contributed by atoms with Crippen molar-refractivity contribution in [3.05, 3.63) is 58.1 Å². The predicted molar refractivity (Wildman–Crippen MR) is 132 cm³/mol. The van der Waals surface area contributed by atoms with Gasteiger partial charge in [-0.3, -0.25) is 25.8 Å². The molecule has 0 bridgehead atoms. The van der Waals surface area contributed by atoms with Gasteiger partial charge in [0.1, 0.15) is 11.5 Å². The topological polar surface area (TPSA) is 88.7 Å². The largest absolute Gasteiger partial charge is 0.493 e. The van der Waals surface area contributed by atoms with E-state index in [1.807, 2.05) is 12.1 Å². The Kier molecular flexibility index (Phi) is 11.0. The second-order valence-electron chi connectivity index (χ2n) is 6.92. The standard InChI is InChI=1S/C23H28BrN3O4S/c1-3-5-8-13-30-19-10-7-6-9-17(19)22(29)25-23(32)27-26-21(28)15-31-20-12-11-16(4-2)14-18(20)24/h6-7,9-12,14H,3-5,8,13,15H2,1-2H3,(H,26,28)(H2,25,27,29,32). The van der Waals surface area contributed by atoms with E-state index >= 15 is 0 Å². The SMILES string of the molecule is CCCCCOc1ccccc1C(=O)NC(=S)NNC(=O)COc1ccc(CC)cc1Br. The quantitative estimate of drug-likeness (QED) is 0.245. The molecule has 172 valence electrons. The number of ether oxygens (including phenoxy) is 2. The molecular formula is C23H28BrN3O4S. The average molecular weight is 522 g/mol. The van der Waals surface area contributed by atoms with Crippen LogP contribution in [0.25, 0.3) is 0 Å². The average Bonchev–Trinajstić information content (AvgIpc) is 2.79. The number of unbranched alkanes of at least 4 members (excludes halogenated alkanes) is 2. The van der Waals surface area contributed by atoms with Gasteiger partial charge in [0.15, 0.2) is 11.7 Å². The molecule has 2 aromatic rings. The first-order chi connectivity index (χ1) is 15.4. The Labute approximate surface area is 202 Å². The number of hydrazine groups is 1. The molecule has 0 aliphatic rings. The molecule has 0 atom stereocenters. The molecule has 0 spiro atoms. The van der Waals surface area contributed by atoms with Crippen LogP contribution in [-0.2, 0) is 11.2 Å². The summed E-state index contributed by atoms with van der Waals surface area (Å²) in [5.41, 5.74) is 6.42. The molecule has 9 heteroatoms. The maximum Gasteiger partial charge on any atom is 0.276 e. The fourth-order valence-corrected chi connectivity index (χ4v) is 3.39. The van der Waals surface area contributed by atoms with E-state index in [-0.39, 0.29) is 11.7 Å². The van der Waals surface area contributed by atoms with E-state index in [2.05, 4.69) is 45.9 Å². The summed E-state index contributed by atoms with van der Waals surface area (Å²) in [4.78, 5) is 24.6. The number of carbonyl (C=O) groups is 2. The number of aryl methyl sites for hydroxylation is 1. The Bertz CT molecular complexity index is 939. The zero-order valence-corrected chi connectivity index (χ0v) is 20.6. The van der Waals surface area contributed by atoms with Crippen LogP contribution in [0.2, 0.25) is 0 Å². The summed E-state index contributed by atoms with van der Waals surface area (Å²) in [6, 6.07) is 12.6. The van der Waals surface area contributed by atoms with Gasteiger partial charge in [0, 0.05) is 0 Å². The lowest BCUT2D eigenvalue weighted by Gasteiger charge is -2.14. The van der Waals surface area contributed by atoms with Crippen LogP contribution in [0.4, 0.5) is 0 Å². The van der Waals surface area contributed by atoms with Crippen LogP contribution in [0.3, 0.4) is 0 Å². The molecule has 7 nitrogen and oxygen atoms in total. The second kappa shape index (κ2) is 13.7. The van der Waals surface area contributed by atoms with Gasteiger partial charge < -0.3 is 9.47 Å². The molecule has 2 amide bonds. The summed E-state index contributed by atoms with van der Waals surface area (Å²) in [5, 5.41) is 2.48. The van der Waals surface area contributed by atoms with E-state index in [1.54, 1.807) is 30.3 Å². The van der Waals surface area contributed by atoms with Gasteiger partial charge in [-0.05, 0) is 70.8 Å². The molecule has 2 aromatic carbocycles. The lowest BCUT2D eigenvalue weighted by atomic mass is 10.2. The summed E-state index contributed by atoms with van der Waals surface area (Å²) < 4.78 is 12.0. The zero-order valence-electron chi connectivity index (χ0n) is 18.2. The maximum atomic E-state index is 12.5. The molecule has 0 saturated carbocycles. The summed E-state index contributed by atoms with van der Waals surface area (Å²) in [6.07, 6.45) is 3.97. The van der Waals surface area contributed by atoms with Crippen LogP contribution in [-0.4, -0.2) is 30.1 Å². The molecular weight excluding hydrogens is 494 g/mol. The van der Waals surface area contributed by atoms with Crippen molar-refractivity contribution in [3.8, 4) is 11.5 Å². The Hall–Kier alpha value is -2.65. The van der Waals surface area contributed by atoms with E-state index in [4.69, 9.17) is 21.7 Å². The predicted octanol–water partition coefficient (Wildman–Crippen LogP) is 4.30. The number of hydrogen-bond donors (Lipinski definition) is 3. The monoisotopic (exact) mass is 521 g/mol. The summed E-state index contributed by atoms with van der Waals surface area (Å²) in [7, 11) is 0. The lowest BCUT2D eigenvalue weighted by molar-refractivity contribution is -0.123. The molecule has 0 aliphatic carbocycles. The summed E-state index contributed by atoms with van der Waals surface area (Å²) >= 11 is 8.52. The van der Waals surface area contributed by atoms with E-state index in [0.29, 0.717) is 23.7 Å². The maximum absolute atomic E-state index is 12.5. The highest BCUT2D eigenvalue weighted by Crippen LogP contribution is 2.26. The Balaban J connectivity index is 1.79. The normalized spacial score (nSPS) is 10.2. The highest BCUT2D eigenvalue weighted by molar-refractivity contribution is 9.10. The number of nitrogens with one attached hydrogen (secondary N) is 3. The first-order valence-electron chi connectivity index (χ1n) is 10.5. The minimum Gasteiger partial charge on any atom is -0.493 e. The molecule has 0 unspecified atom stereocenters. The van der Waals surface area contributed by atoms with Crippen molar-refractivity contribution >= 4 is 45.1 Å². The summed E-state index contributed by atoms with van der Waals surface area (Å²) in [6.45, 7) is 4.49. The molecule has 2 rings (SSSR count). The first kappa shape index (κ1) is 25.6. The van der Waals surface area contributed by atoms with Crippen LogP contribution in [0.1, 0.15) is 49.0 Å². The van der Waals surface area contributed by atoms with Gasteiger partial charge >= 0.3 is 0 Å². The number of para-hydroxylation sites is 1. The molecule has 0 heterocycles. The molecule has 3 N–H and O–H groups in total. The number of carbonyl (C=O) groups excluding carboxylic acids is 2. The van der Waals surface area contributed by atoms with Crippen molar-refractivity contribution < 1.29 is 19.1 Å². The third-order valence-corrected chi connectivity index (χ3v) is 5.27. The third kappa shape index (κ3) is 8.47. The van der Waals surface area contributed by atoms with Crippen LogP contribution in [0.5, 0.6) is 11.5 Å². The lowest BCUT2D eigenvalue weighted by Crippen LogP contribution is -2.49. The molecule has 32 heavy (non-hydrogen) atoms. The highest BCUT2D eigenvalue weighted by Gasteiger charge is 2.14. The number of amides is 2. The van der Waals surface area contributed by atoms with Gasteiger partial charge in [-0.25, -0.2) is 0 Å². The molecule has 0 saturated heterocycles. The minimum atomic E-state index is -0.451. The fourth-order valence-electron chi connectivity index (χ4n) is 2.70. The Morgan fingerprint density at radius 1 is 1.00 bits per heavy atom. The van der Waals surface area contributed by atoms with E-state index in [9.17, 15) is 9.59 Å². The van der Waals surface area contributed by atoms with Crippen molar-refractivity contribution in [2.45, 2.75) is 39.5 Å². The van der Waals surface area contributed by atoms with Crippen molar-refractivity contribution in [1.82, 2.24) is 16.2 Å². The van der Waals surface area contributed by atoms with Crippen molar-refractivity contribution in [3.63, 3.8) is 0 Å². The van der Waals surface area contributed by atoms with Crippen molar-refractivity contribution in [1.29, 1.82) is 0 Å². The fraction of sp³-hybridized carbons (Fsp3) is 0.348. The number of thiocarbonyl (C=S) groups is 1. The first-order valence-corrected chi connectivity index (χ1v) is 11.7. The molecule has 0 aromatic heterocycles. The number of halogens is 1. The molecule has 0 aliphatic heterocycles. The number of benzene rings is 2. The smallest absolute Gasteiger partial charge is 0.276 e. The molecule has 0 radical (unpaired) electrons. The zero-order chi connectivity index (χ0) is 23.3. The van der Waals surface area contributed by atoms with Crippen molar-refractivity contribution in [2.75, 3.05) is 13.2 Å². The third-order valence-electron chi connectivity index (χ3n) is 4.44. The van der Waals surface area contributed by atoms with Crippen LogP contribution in [0, 0.1) is 0 Å². The van der Waals surface area contributed by atoms with E-state index in [1.165, 1.54) is 0 Å². The highest BCUT2D eigenvalue weighted by atomic mass is 79.9. The van der Waals surface area contributed by atoms with Gasteiger partial charge in [-0.2, -0.15) is 0 Å². The van der Waals surface area contributed by atoms with Gasteiger partial charge in [0.05, 0.1) is 16.6 Å². The van der Waals surface area contributed by atoms with Crippen LogP contribution in [0.15, 0.2) is 46.9 Å². The Morgan fingerprint density at radius 2 is 1.78 bits per heavy atom. The van der Waals surface area contributed by atoms with Crippen molar-refractivity contribution in [2.24, 2.45) is 0 Å². The van der Waals surface area contributed by atoms with Crippen LogP contribution < -0.4 is 25.6 Å². The van der Waals surface area contributed by atoms with Gasteiger partial charge in [-0.15, -0.1) is 0 Å². The molecule has 0 fully saturated rings. The number of hydrogen-bond acceptors (Lipinski definition) is 5. The van der Waals surface area contributed by atoms with Crippen LogP contribution >= 0.6 is 28.1 Å². The second-order valence-corrected chi connectivity index (χ2v) is 8.18. The van der Waals surface area contributed by atoms with E-state index < -0.39 is 11.8 Å². The van der Waals surface area contributed by atoms with Gasteiger partial charge in [0.2, 0.25) is 0 Å². The summed E-state index contributed by atoms with van der Waals surface area (Å²) in [5.74, 6) is 0.163. The Morgan fingerprint density at radius 3 is 2.50 bits per heavy atom. The van der Waals surface area contributed by atoms with Gasteiger partial charge in [0.25, 0.3) is 11.8 Å². The minimum absolute atomic E-state index is 0.0439.